The van der Waals surface area contributed by atoms with Gasteiger partial charge in [0.25, 0.3) is 5.91 Å². The number of H-pyrrole nitrogens is 1. The fraction of sp³-hybridized carbons (Fsp3) is 0.304. The minimum absolute atomic E-state index is 0.00801. The zero-order valence-corrected chi connectivity index (χ0v) is 16.9. The van der Waals surface area contributed by atoms with Crippen LogP contribution in [0, 0.1) is 0 Å². The molecule has 1 aliphatic rings. The van der Waals surface area contributed by atoms with Gasteiger partial charge in [-0.2, -0.15) is 0 Å². The van der Waals surface area contributed by atoms with Crippen molar-refractivity contribution in [3.05, 3.63) is 77.4 Å². The van der Waals surface area contributed by atoms with E-state index in [1.54, 1.807) is 12.4 Å². The monoisotopic (exact) mass is 391 g/mol. The van der Waals surface area contributed by atoms with Crippen molar-refractivity contribution in [2.45, 2.75) is 32.9 Å². The number of imidazole rings is 1. The van der Waals surface area contributed by atoms with Crippen molar-refractivity contribution in [2.24, 2.45) is 0 Å². The summed E-state index contributed by atoms with van der Waals surface area (Å²) in [6.45, 7) is 7.49. The summed E-state index contributed by atoms with van der Waals surface area (Å²) in [5.74, 6) is 2.04. The van der Waals surface area contributed by atoms with Gasteiger partial charge >= 0.3 is 0 Å². The lowest BCUT2D eigenvalue weighted by Crippen LogP contribution is -2.45. The van der Waals surface area contributed by atoms with E-state index in [1.165, 1.54) is 0 Å². The van der Waals surface area contributed by atoms with Gasteiger partial charge < -0.3 is 19.4 Å². The van der Waals surface area contributed by atoms with Crippen LogP contribution in [0.4, 0.5) is 0 Å². The van der Waals surface area contributed by atoms with Crippen LogP contribution in [0.5, 0.6) is 11.5 Å². The van der Waals surface area contributed by atoms with Gasteiger partial charge in [-0.15, -0.1) is 0 Å². The lowest BCUT2D eigenvalue weighted by molar-refractivity contribution is 0.0593. The standard InChI is InChI=1S/C23H25N3O3/c1-4-28-19-11-10-17(14-20(19)29-5-2)23(3,22-24-12-13-25-22)26-15-16-8-6-7-9-18(16)21(26)27/h6-14H,4-5,15H2,1-3H3,(H,24,25)/t23-/m1/s1. The molecule has 1 amide bonds. The predicted octanol–water partition coefficient (Wildman–Crippen LogP) is 4.13. The zero-order chi connectivity index (χ0) is 20.4. The molecule has 0 fully saturated rings. The van der Waals surface area contributed by atoms with Crippen molar-refractivity contribution >= 4 is 5.91 Å². The first kappa shape index (κ1) is 19.1. The molecule has 150 valence electrons. The van der Waals surface area contributed by atoms with E-state index >= 15 is 0 Å². The van der Waals surface area contributed by atoms with Gasteiger partial charge in [0.15, 0.2) is 11.5 Å². The van der Waals surface area contributed by atoms with E-state index in [4.69, 9.17) is 9.47 Å². The van der Waals surface area contributed by atoms with Gasteiger partial charge in [-0.1, -0.05) is 24.3 Å². The van der Waals surface area contributed by atoms with Crippen LogP contribution in [0.15, 0.2) is 54.9 Å². The molecule has 1 aromatic heterocycles. The Kier molecular flexibility index (Phi) is 5.01. The number of aromatic amines is 1. The van der Waals surface area contributed by atoms with Gasteiger partial charge in [0.1, 0.15) is 11.4 Å². The van der Waals surface area contributed by atoms with Gasteiger partial charge in [-0.25, -0.2) is 4.98 Å². The highest BCUT2D eigenvalue weighted by atomic mass is 16.5. The van der Waals surface area contributed by atoms with E-state index in [-0.39, 0.29) is 5.91 Å². The third-order valence-corrected chi connectivity index (χ3v) is 5.43. The number of hydrogen-bond donors (Lipinski definition) is 1. The number of carbonyl (C=O) groups excluding carboxylic acids is 1. The van der Waals surface area contributed by atoms with Crippen molar-refractivity contribution in [3.8, 4) is 11.5 Å². The number of fused-ring (bicyclic) bond motifs is 1. The Hall–Kier alpha value is -3.28. The van der Waals surface area contributed by atoms with E-state index in [9.17, 15) is 4.79 Å². The maximum absolute atomic E-state index is 13.3. The van der Waals surface area contributed by atoms with E-state index < -0.39 is 5.54 Å². The topological polar surface area (TPSA) is 67.5 Å². The number of nitrogens with zero attached hydrogens (tertiary/aromatic N) is 2. The number of hydrogen-bond acceptors (Lipinski definition) is 4. The quantitative estimate of drug-likeness (QED) is 0.658. The summed E-state index contributed by atoms with van der Waals surface area (Å²) in [5.41, 5.74) is 1.86. The highest BCUT2D eigenvalue weighted by Gasteiger charge is 2.45. The number of benzene rings is 2. The second-order valence-electron chi connectivity index (χ2n) is 7.09. The molecule has 6 nitrogen and oxygen atoms in total. The SMILES string of the molecule is CCOc1ccc([C@](C)(c2ncc[nH]2)N2Cc3ccccc3C2=O)cc1OCC. The third kappa shape index (κ3) is 3.14. The van der Waals surface area contributed by atoms with Crippen LogP contribution in [-0.4, -0.2) is 34.0 Å². The molecule has 29 heavy (non-hydrogen) atoms. The Morgan fingerprint density at radius 2 is 1.86 bits per heavy atom. The van der Waals surface area contributed by atoms with Crippen LogP contribution in [0.3, 0.4) is 0 Å². The Bertz CT molecular complexity index is 1020. The average Bonchev–Trinajstić information content (AvgIpc) is 3.39. The molecule has 0 saturated heterocycles. The zero-order valence-electron chi connectivity index (χ0n) is 16.9. The van der Waals surface area contributed by atoms with Crippen molar-refractivity contribution in [2.75, 3.05) is 13.2 Å². The Morgan fingerprint density at radius 3 is 2.55 bits per heavy atom. The minimum Gasteiger partial charge on any atom is -0.490 e. The third-order valence-electron chi connectivity index (χ3n) is 5.43. The van der Waals surface area contributed by atoms with E-state index in [1.807, 2.05) is 68.1 Å². The van der Waals surface area contributed by atoms with Crippen LogP contribution >= 0.6 is 0 Å². The lowest BCUT2D eigenvalue weighted by Gasteiger charge is -2.38. The highest BCUT2D eigenvalue weighted by Crippen LogP contribution is 2.42. The number of carbonyl (C=O) groups is 1. The van der Waals surface area contributed by atoms with Gasteiger partial charge in [0.05, 0.1) is 13.2 Å². The summed E-state index contributed by atoms with van der Waals surface area (Å²) in [6.07, 6.45) is 3.48. The smallest absolute Gasteiger partial charge is 0.255 e. The van der Waals surface area contributed by atoms with Gasteiger partial charge in [0, 0.05) is 24.5 Å². The molecule has 6 heteroatoms. The van der Waals surface area contributed by atoms with Crippen LogP contribution in [-0.2, 0) is 12.1 Å². The lowest BCUT2D eigenvalue weighted by atomic mass is 9.88. The summed E-state index contributed by atoms with van der Waals surface area (Å²) < 4.78 is 11.6. The number of amides is 1. The molecule has 2 aromatic carbocycles. The van der Waals surface area contributed by atoms with Crippen LogP contribution in [0.2, 0.25) is 0 Å². The Balaban J connectivity index is 1.84. The van der Waals surface area contributed by atoms with Crippen LogP contribution in [0.25, 0.3) is 0 Å². The molecule has 0 spiro atoms. The Labute approximate surface area is 170 Å². The van der Waals surface area contributed by atoms with E-state index in [0.717, 1.165) is 16.7 Å². The van der Waals surface area contributed by atoms with Crippen LogP contribution in [0.1, 0.15) is 48.1 Å². The highest BCUT2D eigenvalue weighted by molar-refractivity contribution is 5.99. The molecule has 0 bridgehead atoms. The molecule has 1 atom stereocenters. The number of ether oxygens (including phenoxy) is 2. The number of nitrogens with one attached hydrogen (secondary N) is 1. The summed E-state index contributed by atoms with van der Waals surface area (Å²) in [4.78, 5) is 22.9. The normalized spacial score (nSPS) is 15.1. The van der Waals surface area contributed by atoms with Crippen molar-refractivity contribution in [1.29, 1.82) is 0 Å². The van der Waals surface area contributed by atoms with Gasteiger partial charge in [-0.3, -0.25) is 4.79 Å². The largest absolute Gasteiger partial charge is 0.490 e. The summed E-state index contributed by atoms with van der Waals surface area (Å²) >= 11 is 0. The van der Waals surface area contributed by atoms with Crippen molar-refractivity contribution in [1.82, 2.24) is 14.9 Å². The Morgan fingerprint density at radius 1 is 1.10 bits per heavy atom. The first-order valence-electron chi connectivity index (χ1n) is 9.89. The fourth-order valence-corrected chi connectivity index (χ4v) is 3.92. The molecule has 0 unspecified atom stereocenters. The summed E-state index contributed by atoms with van der Waals surface area (Å²) in [5, 5.41) is 0. The molecule has 0 saturated carbocycles. The van der Waals surface area contributed by atoms with Crippen molar-refractivity contribution in [3.63, 3.8) is 0 Å². The first-order chi connectivity index (χ1) is 14.1. The molecule has 1 N–H and O–H groups in total. The van der Waals surface area contributed by atoms with E-state index in [0.29, 0.717) is 37.1 Å². The number of aromatic nitrogens is 2. The molecule has 4 rings (SSSR count). The molecule has 1 aliphatic heterocycles. The molecule has 0 radical (unpaired) electrons. The predicted molar refractivity (Wildman–Crippen MR) is 110 cm³/mol. The van der Waals surface area contributed by atoms with E-state index in [2.05, 4.69) is 9.97 Å². The molecule has 2 heterocycles. The first-order valence-corrected chi connectivity index (χ1v) is 9.89. The van der Waals surface area contributed by atoms with Gasteiger partial charge in [0.2, 0.25) is 0 Å². The second kappa shape index (κ2) is 7.62. The molecule has 3 aromatic rings. The molecular formula is C23H25N3O3. The summed E-state index contributed by atoms with van der Waals surface area (Å²) in [6, 6.07) is 13.6. The maximum Gasteiger partial charge on any atom is 0.255 e. The van der Waals surface area contributed by atoms with Gasteiger partial charge in [-0.05, 0) is 50.1 Å². The molecule has 0 aliphatic carbocycles. The molecular weight excluding hydrogens is 366 g/mol. The summed E-state index contributed by atoms with van der Waals surface area (Å²) in [7, 11) is 0. The average molecular weight is 391 g/mol. The fourth-order valence-electron chi connectivity index (χ4n) is 3.92. The number of rotatable bonds is 7. The maximum atomic E-state index is 13.3. The van der Waals surface area contributed by atoms with Crippen molar-refractivity contribution < 1.29 is 14.3 Å². The van der Waals surface area contributed by atoms with Crippen LogP contribution < -0.4 is 9.47 Å². The second-order valence-corrected chi connectivity index (χ2v) is 7.09. The minimum atomic E-state index is -0.795.